The molecule has 0 unspecified atom stereocenters. The summed E-state index contributed by atoms with van der Waals surface area (Å²) in [6.07, 6.45) is 0.225. The first-order valence-corrected chi connectivity index (χ1v) is 12.2. The number of hydrogen-bond donors (Lipinski definition) is 1. The van der Waals surface area contributed by atoms with E-state index in [1.165, 1.54) is 35.0 Å². The Morgan fingerprint density at radius 2 is 1.88 bits per heavy atom. The van der Waals surface area contributed by atoms with Crippen LogP contribution in [-0.2, 0) is 19.5 Å². The predicted octanol–water partition coefficient (Wildman–Crippen LogP) is 6.18. The highest BCUT2D eigenvalue weighted by Crippen LogP contribution is 2.35. The molecule has 1 aliphatic rings. The van der Waals surface area contributed by atoms with Crippen molar-refractivity contribution in [3.8, 4) is 5.75 Å². The summed E-state index contributed by atoms with van der Waals surface area (Å²) in [6.45, 7) is 1.28. The number of carbonyl (C=O) groups excluding carboxylic acids is 1. The number of nitrogens with one attached hydrogen (secondary N) is 1. The monoisotopic (exact) mass is 560 g/mol. The normalized spacial score (nSPS) is 14.1. The van der Waals surface area contributed by atoms with Crippen LogP contribution in [0.4, 0.5) is 31.1 Å². The first kappa shape index (κ1) is 27.3. The second-order valence-electron chi connectivity index (χ2n) is 9.19. The van der Waals surface area contributed by atoms with Crippen LogP contribution < -0.4 is 10.1 Å². The fraction of sp³-hybridized carbons (Fsp3) is 0.214. The molecule has 1 N–H and O–H groups in total. The van der Waals surface area contributed by atoms with Gasteiger partial charge in [-0.25, -0.2) is 18.6 Å². The van der Waals surface area contributed by atoms with Gasteiger partial charge in [-0.2, -0.15) is 4.39 Å². The van der Waals surface area contributed by atoms with Gasteiger partial charge >= 0.3 is 12.4 Å². The largest absolute Gasteiger partial charge is 0.573 e. The number of fused-ring (bicyclic) bond motifs is 3. The molecule has 0 fully saturated rings. The number of aromatic nitrogens is 2. The maximum absolute atomic E-state index is 13.5. The molecule has 0 saturated heterocycles. The van der Waals surface area contributed by atoms with E-state index in [0.29, 0.717) is 59.3 Å². The third kappa shape index (κ3) is 6.12. The molecule has 3 heterocycles. The predicted molar refractivity (Wildman–Crippen MR) is 135 cm³/mol. The van der Waals surface area contributed by atoms with E-state index in [4.69, 9.17) is 0 Å². The lowest BCUT2D eigenvalue weighted by Crippen LogP contribution is -2.34. The van der Waals surface area contributed by atoms with Crippen LogP contribution in [0, 0.1) is 17.6 Å². The third-order valence-electron chi connectivity index (χ3n) is 6.49. The highest BCUT2D eigenvalue weighted by Gasteiger charge is 2.32. The molecule has 2 aromatic carbocycles. The van der Waals surface area contributed by atoms with Crippen LogP contribution in [0.3, 0.4) is 0 Å². The summed E-state index contributed by atoms with van der Waals surface area (Å²) < 4.78 is 84.4. The Morgan fingerprint density at radius 3 is 2.62 bits per heavy atom. The Morgan fingerprint density at radius 1 is 1.05 bits per heavy atom. The van der Waals surface area contributed by atoms with Gasteiger partial charge in [-0.05, 0) is 59.2 Å². The molecule has 5 rings (SSSR count). The van der Waals surface area contributed by atoms with E-state index in [-0.39, 0.29) is 6.54 Å². The highest BCUT2D eigenvalue weighted by molar-refractivity contribution is 5.96. The fourth-order valence-corrected chi connectivity index (χ4v) is 4.74. The summed E-state index contributed by atoms with van der Waals surface area (Å²) in [7, 11) is 0. The molecule has 40 heavy (non-hydrogen) atoms. The lowest BCUT2D eigenvalue weighted by Gasteiger charge is -2.27. The number of nitrogens with zero attached hydrogens (tertiary/aromatic N) is 3. The molecule has 0 bridgehead atoms. The fourth-order valence-electron chi connectivity index (χ4n) is 4.74. The maximum atomic E-state index is 13.5. The summed E-state index contributed by atoms with van der Waals surface area (Å²) >= 11 is 0. The highest BCUT2D eigenvalue weighted by atomic mass is 19.4. The Kier molecular flexibility index (Phi) is 7.53. The molecular weight excluding hydrogens is 538 g/mol. The molecule has 1 aliphatic heterocycles. The van der Waals surface area contributed by atoms with Gasteiger partial charge in [0.25, 0.3) is 0 Å². The molecule has 0 atom stereocenters. The van der Waals surface area contributed by atoms with Crippen molar-refractivity contribution in [1.82, 2.24) is 19.8 Å². The molecule has 1 amide bonds. The number of benzene rings is 2. The first-order chi connectivity index (χ1) is 19.1. The van der Waals surface area contributed by atoms with Crippen molar-refractivity contribution in [3.05, 3.63) is 101 Å². The maximum Gasteiger partial charge on any atom is 0.573 e. The van der Waals surface area contributed by atoms with Crippen LogP contribution in [0.25, 0.3) is 17.0 Å². The van der Waals surface area contributed by atoms with Crippen LogP contribution in [0.1, 0.15) is 22.4 Å². The van der Waals surface area contributed by atoms with Crippen molar-refractivity contribution in [3.63, 3.8) is 0 Å². The van der Waals surface area contributed by atoms with Crippen molar-refractivity contribution in [2.24, 2.45) is 0 Å². The average molecular weight is 560 g/mol. The Bertz CT molecular complexity index is 1600. The molecule has 0 aliphatic carbocycles. The Balaban J connectivity index is 1.42. The summed E-state index contributed by atoms with van der Waals surface area (Å²) in [5, 5.41) is 3.16. The van der Waals surface area contributed by atoms with E-state index in [9.17, 15) is 31.1 Å². The van der Waals surface area contributed by atoms with Crippen LogP contribution >= 0.6 is 0 Å². The van der Waals surface area contributed by atoms with Crippen molar-refractivity contribution < 1.29 is 35.9 Å². The lowest BCUT2D eigenvalue weighted by atomic mass is 10.0. The van der Waals surface area contributed by atoms with Gasteiger partial charge in [-0.1, -0.05) is 18.2 Å². The quantitative estimate of drug-likeness (QED) is 0.226. The van der Waals surface area contributed by atoms with Crippen molar-refractivity contribution >= 4 is 23.0 Å². The standard InChI is InChI=1S/C28H22F6N4O2/c29-22-5-3-17(12-23(22)30)2-1-10-37-11-8-25-21(16-37)20-14-19(40-28(32,33)34)4-6-24(20)38(25)27(39)36-15-18-7-9-35-26(31)13-18/h1-7,9,12-14H,8,10-11,15-16H2,(H,36,39)/b2-1+. The number of halogens is 6. The van der Waals surface area contributed by atoms with Gasteiger partial charge < -0.3 is 10.1 Å². The molecule has 0 radical (unpaired) electrons. The van der Waals surface area contributed by atoms with Crippen molar-refractivity contribution in [2.75, 3.05) is 13.1 Å². The molecule has 12 heteroatoms. The zero-order valence-electron chi connectivity index (χ0n) is 20.8. The zero-order chi connectivity index (χ0) is 28.4. The molecule has 4 aromatic rings. The molecule has 0 spiro atoms. The summed E-state index contributed by atoms with van der Waals surface area (Å²) in [4.78, 5) is 18.8. The van der Waals surface area contributed by atoms with E-state index in [1.54, 1.807) is 18.2 Å². The smallest absolute Gasteiger partial charge is 0.406 e. The Labute approximate surface area is 224 Å². The van der Waals surface area contributed by atoms with E-state index >= 15 is 0 Å². The minimum atomic E-state index is -4.88. The summed E-state index contributed by atoms with van der Waals surface area (Å²) in [5.41, 5.74) is 2.68. The van der Waals surface area contributed by atoms with Gasteiger partial charge in [-0.15, -0.1) is 13.2 Å². The third-order valence-corrected chi connectivity index (χ3v) is 6.49. The van der Waals surface area contributed by atoms with Crippen LogP contribution in [-0.4, -0.2) is 39.9 Å². The number of alkyl halides is 3. The van der Waals surface area contributed by atoms with E-state index in [0.717, 1.165) is 18.2 Å². The SMILES string of the molecule is O=C(NCc1ccnc(F)c1)n1c2c(c3cc(OC(F)(F)F)ccc31)CN(C/C=C/c1ccc(F)c(F)c1)CC2. The van der Waals surface area contributed by atoms with E-state index in [2.05, 4.69) is 15.0 Å². The number of rotatable bonds is 6. The van der Waals surface area contributed by atoms with Gasteiger partial charge in [0, 0.05) is 49.9 Å². The van der Waals surface area contributed by atoms with Gasteiger partial charge in [0.15, 0.2) is 11.6 Å². The van der Waals surface area contributed by atoms with Gasteiger partial charge in [0.1, 0.15) is 5.75 Å². The van der Waals surface area contributed by atoms with Crippen LogP contribution in [0.5, 0.6) is 5.75 Å². The minimum Gasteiger partial charge on any atom is -0.406 e. The lowest BCUT2D eigenvalue weighted by molar-refractivity contribution is -0.274. The number of carbonyl (C=O) groups is 1. The van der Waals surface area contributed by atoms with Crippen molar-refractivity contribution in [2.45, 2.75) is 25.9 Å². The molecular formula is C28H22F6N4O2. The van der Waals surface area contributed by atoms with Crippen molar-refractivity contribution in [1.29, 1.82) is 0 Å². The number of pyridine rings is 1. The van der Waals surface area contributed by atoms with E-state index in [1.807, 2.05) is 4.90 Å². The van der Waals surface area contributed by atoms with Gasteiger partial charge in [0.2, 0.25) is 5.95 Å². The van der Waals surface area contributed by atoms with Gasteiger partial charge in [-0.3, -0.25) is 9.47 Å². The number of ether oxygens (including phenoxy) is 1. The minimum absolute atomic E-state index is 0.0168. The molecule has 0 saturated carbocycles. The molecule has 2 aromatic heterocycles. The summed E-state index contributed by atoms with van der Waals surface area (Å²) in [5.74, 6) is -3.00. The van der Waals surface area contributed by atoms with Crippen LogP contribution in [0.2, 0.25) is 0 Å². The Hall–Kier alpha value is -4.32. The molecule has 208 valence electrons. The molecule has 6 nitrogen and oxygen atoms in total. The zero-order valence-corrected chi connectivity index (χ0v) is 20.8. The summed E-state index contributed by atoms with van der Waals surface area (Å²) in [6, 6.07) is 9.58. The topological polar surface area (TPSA) is 59.4 Å². The second kappa shape index (κ2) is 11.0. The number of amides is 1. The average Bonchev–Trinajstić information content (AvgIpc) is 3.21. The second-order valence-corrected chi connectivity index (χ2v) is 9.19. The van der Waals surface area contributed by atoms with E-state index < -0.39 is 35.7 Å². The van der Waals surface area contributed by atoms with Crippen LogP contribution in [0.15, 0.2) is 60.8 Å². The first-order valence-electron chi connectivity index (χ1n) is 12.2. The number of hydrogen-bond acceptors (Lipinski definition) is 4. The van der Waals surface area contributed by atoms with Gasteiger partial charge in [0.05, 0.1) is 5.52 Å².